The second-order valence-corrected chi connectivity index (χ2v) is 5.41. The van der Waals surface area contributed by atoms with Gasteiger partial charge in [0.05, 0.1) is 0 Å². The maximum Gasteiger partial charge on any atom is 0.126 e. The zero-order valence-corrected chi connectivity index (χ0v) is 12.0. The fourth-order valence-electron chi connectivity index (χ4n) is 1.98. The highest BCUT2D eigenvalue weighted by Gasteiger charge is 2.13. The summed E-state index contributed by atoms with van der Waals surface area (Å²) in [5, 5.41) is 1.11. The first-order valence-corrected chi connectivity index (χ1v) is 6.68. The van der Waals surface area contributed by atoms with E-state index in [1.807, 2.05) is 25.1 Å². The molecular weight excluding hydrogens is 284 g/mol. The predicted molar refractivity (Wildman–Crippen MR) is 78.2 cm³/mol. The van der Waals surface area contributed by atoms with Crippen LogP contribution in [0.15, 0.2) is 36.4 Å². The molecule has 100 valence electrons. The zero-order chi connectivity index (χ0) is 14.0. The van der Waals surface area contributed by atoms with E-state index in [2.05, 4.69) is 0 Å². The van der Waals surface area contributed by atoms with Crippen LogP contribution in [0.1, 0.15) is 22.7 Å². The minimum Gasteiger partial charge on any atom is -0.324 e. The van der Waals surface area contributed by atoms with Crippen LogP contribution in [0.3, 0.4) is 0 Å². The van der Waals surface area contributed by atoms with Crippen LogP contribution in [0.2, 0.25) is 10.0 Å². The lowest BCUT2D eigenvalue weighted by atomic mass is 9.98. The van der Waals surface area contributed by atoms with E-state index >= 15 is 0 Å². The normalized spacial score (nSPS) is 12.5. The van der Waals surface area contributed by atoms with Crippen molar-refractivity contribution in [2.75, 3.05) is 0 Å². The summed E-state index contributed by atoms with van der Waals surface area (Å²) in [5.74, 6) is -0.303. The molecule has 4 heteroatoms. The molecule has 1 unspecified atom stereocenters. The van der Waals surface area contributed by atoms with Crippen molar-refractivity contribution in [2.45, 2.75) is 19.4 Å². The van der Waals surface area contributed by atoms with Crippen LogP contribution in [-0.2, 0) is 6.42 Å². The van der Waals surface area contributed by atoms with Crippen molar-refractivity contribution in [3.63, 3.8) is 0 Å². The number of rotatable bonds is 3. The molecule has 0 aliphatic heterocycles. The highest BCUT2D eigenvalue weighted by Crippen LogP contribution is 2.26. The smallest absolute Gasteiger partial charge is 0.126 e. The average Bonchev–Trinajstić information content (AvgIpc) is 2.33. The minimum atomic E-state index is -0.360. The third-order valence-corrected chi connectivity index (χ3v) is 3.57. The molecule has 0 heterocycles. The van der Waals surface area contributed by atoms with Crippen LogP contribution in [0, 0.1) is 12.7 Å². The van der Waals surface area contributed by atoms with Crippen molar-refractivity contribution in [1.82, 2.24) is 0 Å². The number of nitrogens with two attached hydrogens (primary N) is 1. The van der Waals surface area contributed by atoms with Gasteiger partial charge in [-0.25, -0.2) is 4.39 Å². The van der Waals surface area contributed by atoms with Gasteiger partial charge in [0.2, 0.25) is 0 Å². The van der Waals surface area contributed by atoms with E-state index in [1.165, 1.54) is 12.1 Å². The summed E-state index contributed by atoms with van der Waals surface area (Å²) in [6, 6.07) is 9.77. The Balaban J connectivity index is 2.25. The fraction of sp³-hybridized carbons (Fsp3) is 0.200. The number of hydrogen-bond acceptors (Lipinski definition) is 1. The van der Waals surface area contributed by atoms with E-state index in [0.717, 1.165) is 11.1 Å². The Bertz CT molecular complexity index is 599. The van der Waals surface area contributed by atoms with Gasteiger partial charge in [0, 0.05) is 16.1 Å². The molecule has 2 N–H and O–H groups in total. The molecule has 0 aromatic heterocycles. The van der Waals surface area contributed by atoms with Gasteiger partial charge >= 0.3 is 0 Å². The van der Waals surface area contributed by atoms with Crippen LogP contribution in [0.4, 0.5) is 4.39 Å². The predicted octanol–water partition coefficient (Wildman–Crippen LogP) is 4.68. The van der Waals surface area contributed by atoms with Crippen molar-refractivity contribution in [3.05, 3.63) is 69.0 Å². The van der Waals surface area contributed by atoms with Gasteiger partial charge in [0.25, 0.3) is 0 Å². The molecule has 0 radical (unpaired) electrons. The molecular formula is C15H14Cl2FN. The maximum atomic E-state index is 13.7. The van der Waals surface area contributed by atoms with Gasteiger partial charge < -0.3 is 5.73 Å². The van der Waals surface area contributed by atoms with E-state index in [4.69, 9.17) is 28.9 Å². The van der Waals surface area contributed by atoms with Crippen molar-refractivity contribution in [1.29, 1.82) is 0 Å². The van der Waals surface area contributed by atoms with Crippen molar-refractivity contribution in [2.24, 2.45) is 5.73 Å². The molecule has 0 aliphatic carbocycles. The number of benzene rings is 2. The number of hydrogen-bond donors (Lipinski definition) is 1. The molecule has 0 saturated heterocycles. The van der Waals surface area contributed by atoms with Crippen LogP contribution in [-0.4, -0.2) is 0 Å². The Morgan fingerprint density at radius 1 is 1.16 bits per heavy atom. The first-order valence-electron chi connectivity index (χ1n) is 5.93. The summed E-state index contributed by atoms with van der Waals surface area (Å²) in [4.78, 5) is 0. The van der Waals surface area contributed by atoms with Crippen LogP contribution < -0.4 is 5.73 Å². The molecule has 2 rings (SSSR count). The van der Waals surface area contributed by atoms with Gasteiger partial charge in [-0.2, -0.15) is 0 Å². The fourth-order valence-corrected chi connectivity index (χ4v) is 2.55. The maximum absolute atomic E-state index is 13.7. The summed E-state index contributed by atoms with van der Waals surface area (Å²) in [6.45, 7) is 1.96. The molecule has 2 aromatic rings. The quantitative estimate of drug-likeness (QED) is 0.874. The third kappa shape index (κ3) is 3.47. The lowest BCUT2D eigenvalue weighted by Crippen LogP contribution is -2.14. The molecule has 0 aliphatic rings. The summed E-state index contributed by atoms with van der Waals surface area (Å²) in [6.07, 6.45) is 0.356. The zero-order valence-electron chi connectivity index (χ0n) is 10.5. The van der Waals surface area contributed by atoms with E-state index < -0.39 is 0 Å². The number of aryl methyl sites for hydroxylation is 1. The average molecular weight is 298 g/mol. The summed E-state index contributed by atoms with van der Waals surface area (Å²) < 4.78 is 13.7. The Hall–Kier alpha value is -1.09. The summed E-state index contributed by atoms with van der Waals surface area (Å²) >= 11 is 12.0. The summed E-state index contributed by atoms with van der Waals surface area (Å²) in [5.41, 5.74) is 8.48. The van der Waals surface area contributed by atoms with Gasteiger partial charge in [-0.05, 0) is 54.3 Å². The van der Waals surface area contributed by atoms with Crippen molar-refractivity contribution >= 4 is 23.2 Å². The van der Waals surface area contributed by atoms with Crippen LogP contribution >= 0.6 is 23.2 Å². The Kier molecular flexibility index (Phi) is 4.46. The highest BCUT2D eigenvalue weighted by atomic mass is 35.5. The second-order valence-electron chi connectivity index (χ2n) is 4.57. The van der Waals surface area contributed by atoms with Gasteiger partial charge in [-0.15, -0.1) is 0 Å². The molecule has 0 bridgehead atoms. The Morgan fingerprint density at radius 2 is 1.89 bits per heavy atom. The minimum absolute atomic E-state index is 0.303. The topological polar surface area (TPSA) is 26.0 Å². The largest absolute Gasteiger partial charge is 0.324 e. The van der Waals surface area contributed by atoms with E-state index in [1.54, 1.807) is 6.07 Å². The molecule has 0 amide bonds. The first kappa shape index (κ1) is 14.3. The molecule has 2 aromatic carbocycles. The Morgan fingerprint density at radius 3 is 2.58 bits per heavy atom. The van der Waals surface area contributed by atoms with Crippen molar-refractivity contribution in [3.8, 4) is 0 Å². The van der Waals surface area contributed by atoms with Crippen LogP contribution in [0.5, 0.6) is 0 Å². The van der Waals surface area contributed by atoms with Gasteiger partial charge in [-0.1, -0.05) is 35.3 Å². The lowest BCUT2D eigenvalue weighted by Gasteiger charge is -2.15. The Labute approximate surface area is 122 Å². The lowest BCUT2D eigenvalue weighted by molar-refractivity contribution is 0.593. The monoisotopic (exact) mass is 297 g/mol. The van der Waals surface area contributed by atoms with E-state index in [-0.39, 0.29) is 11.9 Å². The standard InChI is InChI=1S/C15H14Cl2FN/c1-9-2-4-12(13(17)6-9)15(19)8-10-7-11(16)3-5-14(10)18/h2-7,15H,8,19H2,1H3. The SMILES string of the molecule is Cc1ccc(C(N)Cc2cc(Cl)ccc2F)c(Cl)c1. The number of halogens is 3. The second kappa shape index (κ2) is 5.91. The molecule has 0 saturated carbocycles. The summed E-state index contributed by atoms with van der Waals surface area (Å²) in [7, 11) is 0. The van der Waals surface area contributed by atoms with Gasteiger partial charge in [-0.3, -0.25) is 0 Å². The van der Waals surface area contributed by atoms with E-state index in [9.17, 15) is 4.39 Å². The van der Waals surface area contributed by atoms with Gasteiger partial charge in [0.15, 0.2) is 0 Å². The molecule has 1 nitrogen and oxygen atoms in total. The molecule has 1 atom stereocenters. The van der Waals surface area contributed by atoms with Gasteiger partial charge in [0.1, 0.15) is 5.82 Å². The molecule has 0 spiro atoms. The van der Waals surface area contributed by atoms with Crippen LogP contribution in [0.25, 0.3) is 0 Å². The van der Waals surface area contributed by atoms with E-state index in [0.29, 0.717) is 22.0 Å². The third-order valence-electron chi connectivity index (χ3n) is 3.00. The first-order chi connectivity index (χ1) is 8.97. The molecule has 19 heavy (non-hydrogen) atoms. The molecule has 0 fully saturated rings. The van der Waals surface area contributed by atoms with Crippen molar-refractivity contribution < 1.29 is 4.39 Å². The highest BCUT2D eigenvalue weighted by molar-refractivity contribution is 6.31.